The minimum atomic E-state index is -0.518. The van der Waals surface area contributed by atoms with Crippen molar-refractivity contribution in [1.29, 1.82) is 0 Å². The molecule has 1 saturated heterocycles. The molecule has 0 aromatic rings. The van der Waals surface area contributed by atoms with Gasteiger partial charge in [-0.1, -0.05) is 0 Å². The molecular formula is C10H16N2O4. The molecule has 0 saturated carbocycles. The molecule has 16 heavy (non-hydrogen) atoms. The van der Waals surface area contributed by atoms with Crippen molar-refractivity contribution in [2.75, 3.05) is 26.2 Å². The standard InChI is InChI=1S/C10H16N2O4/c1-2-16-10(15)7-9(14)12-5-3-8(13)11-4-6-12/h2-7H2,1H3,(H,11,13). The lowest BCUT2D eigenvalue weighted by atomic mass is 10.3. The van der Waals surface area contributed by atoms with Gasteiger partial charge < -0.3 is 15.0 Å². The topological polar surface area (TPSA) is 75.7 Å². The Morgan fingerprint density at radius 2 is 2.19 bits per heavy atom. The molecule has 0 aliphatic carbocycles. The monoisotopic (exact) mass is 228 g/mol. The van der Waals surface area contributed by atoms with E-state index in [-0.39, 0.29) is 31.3 Å². The van der Waals surface area contributed by atoms with Gasteiger partial charge in [-0.25, -0.2) is 0 Å². The minimum Gasteiger partial charge on any atom is -0.466 e. The van der Waals surface area contributed by atoms with Crippen molar-refractivity contribution in [3.05, 3.63) is 0 Å². The molecule has 1 N–H and O–H groups in total. The summed E-state index contributed by atoms with van der Waals surface area (Å²) in [5, 5.41) is 2.66. The molecule has 90 valence electrons. The van der Waals surface area contributed by atoms with Crippen LogP contribution in [0.25, 0.3) is 0 Å². The molecule has 0 aromatic carbocycles. The molecule has 0 atom stereocenters. The van der Waals surface area contributed by atoms with Gasteiger partial charge in [0.15, 0.2) is 0 Å². The number of nitrogens with zero attached hydrogens (tertiary/aromatic N) is 1. The van der Waals surface area contributed by atoms with Crippen LogP contribution in [-0.2, 0) is 19.1 Å². The second-order valence-corrected chi connectivity index (χ2v) is 3.46. The lowest BCUT2D eigenvalue weighted by Crippen LogP contribution is -2.35. The van der Waals surface area contributed by atoms with Crippen LogP contribution in [0.3, 0.4) is 0 Å². The van der Waals surface area contributed by atoms with E-state index in [1.165, 1.54) is 4.90 Å². The summed E-state index contributed by atoms with van der Waals surface area (Å²) in [7, 11) is 0. The zero-order valence-electron chi connectivity index (χ0n) is 9.32. The summed E-state index contributed by atoms with van der Waals surface area (Å²) in [4.78, 5) is 35.3. The van der Waals surface area contributed by atoms with Crippen LogP contribution < -0.4 is 5.32 Å². The number of nitrogens with one attached hydrogen (secondary N) is 1. The summed E-state index contributed by atoms with van der Waals surface area (Å²) in [5.41, 5.74) is 0. The average molecular weight is 228 g/mol. The smallest absolute Gasteiger partial charge is 0.315 e. The molecule has 0 bridgehead atoms. The van der Waals surface area contributed by atoms with Crippen LogP contribution in [0.2, 0.25) is 0 Å². The number of amides is 2. The molecule has 0 unspecified atom stereocenters. The van der Waals surface area contributed by atoms with Crippen LogP contribution >= 0.6 is 0 Å². The normalized spacial score (nSPS) is 16.3. The molecule has 6 heteroatoms. The average Bonchev–Trinajstić information content (AvgIpc) is 2.43. The van der Waals surface area contributed by atoms with Gasteiger partial charge in [0.2, 0.25) is 11.8 Å². The van der Waals surface area contributed by atoms with Crippen molar-refractivity contribution in [2.24, 2.45) is 0 Å². The van der Waals surface area contributed by atoms with Crippen LogP contribution in [0.5, 0.6) is 0 Å². The summed E-state index contributed by atoms with van der Waals surface area (Å²) >= 11 is 0. The van der Waals surface area contributed by atoms with E-state index in [4.69, 9.17) is 0 Å². The Hall–Kier alpha value is -1.59. The summed E-state index contributed by atoms with van der Waals surface area (Å²) in [5.74, 6) is -0.864. The molecule has 1 heterocycles. The molecular weight excluding hydrogens is 212 g/mol. The van der Waals surface area contributed by atoms with Crippen LogP contribution in [0, 0.1) is 0 Å². The third-order valence-electron chi connectivity index (χ3n) is 2.27. The van der Waals surface area contributed by atoms with Crippen LogP contribution in [0.4, 0.5) is 0 Å². The predicted octanol–water partition coefficient (Wildman–Crippen LogP) is -0.712. The molecule has 2 amide bonds. The van der Waals surface area contributed by atoms with E-state index < -0.39 is 5.97 Å². The van der Waals surface area contributed by atoms with Gasteiger partial charge in [-0.3, -0.25) is 14.4 Å². The van der Waals surface area contributed by atoms with Crippen molar-refractivity contribution >= 4 is 17.8 Å². The van der Waals surface area contributed by atoms with Gasteiger partial charge in [-0.15, -0.1) is 0 Å². The van der Waals surface area contributed by atoms with E-state index in [9.17, 15) is 14.4 Å². The van der Waals surface area contributed by atoms with Gasteiger partial charge in [0.05, 0.1) is 6.61 Å². The molecule has 0 radical (unpaired) electrons. The number of rotatable bonds is 3. The van der Waals surface area contributed by atoms with Crippen molar-refractivity contribution in [2.45, 2.75) is 19.8 Å². The van der Waals surface area contributed by atoms with E-state index in [2.05, 4.69) is 10.1 Å². The number of hydrogen-bond acceptors (Lipinski definition) is 4. The summed E-state index contributed by atoms with van der Waals surface area (Å²) in [6.07, 6.45) is 0.0383. The maximum atomic E-state index is 11.6. The first-order chi connectivity index (χ1) is 7.63. The fourth-order valence-electron chi connectivity index (χ4n) is 1.46. The van der Waals surface area contributed by atoms with Gasteiger partial charge in [0.25, 0.3) is 0 Å². The maximum absolute atomic E-state index is 11.6. The SMILES string of the molecule is CCOC(=O)CC(=O)N1CCNC(=O)CC1. The molecule has 1 aliphatic heterocycles. The number of carbonyl (C=O) groups is 3. The Bertz CT molecular complexity index is 291. The van der Waals surface area contributed by atoms with Crippen LogP contribution in [0.1, 0.15) is 19.8 Å². The first-order valence-electron chi connectivity index (χ1n) is 5.33. The minimum absolute atomic E-state index is 0.0635. The Morgan fingerprint density at radius 1 is 1.44 bits per heavy atom. The van der Waals surface area contributed by atoms with E-state index in [1.807, 2.05) is 0 Å². The van der Waals surface area contributed by atoms with E-state index in [0.29, 0.717) is 19.6 Å². The molecule has 0 spiro atoms. The van der Waals surface area contributed by atoms with Crippen LogP contribution in [0.15, 0.2) is 0 Å². The largest absolute Gasteiger partial charge is 0.466 e. The van der Waals surface area contributed by atoms with E-state index >= 15 is 0 Å². The second-order valence-electron chi connectivity index (χ2n) is 3.46. The molecule has 1 rings (SSSR count). The highest BCUT2D eigenvalue weighted by molar-refractivity contribution is 5.94. The van der Waals surface area contributed by atoms with Crippen LogP contribution in [-0.4, -0.2) is 48.9 Å². The first-order valence-corrected chi connectivity index (χ1v) is 5.33. The van der Waals surface area contributed by atoms with Crippen molar-refractivity contribution < 1.29 is 19.1 Å². The Labute approximate surface area is 93.9 Å². The molecule has 1 fully saturated rings. The second kappa shape index (κ2) is 6.09. The quantitative estimate of drug-likeness (QED) is 0.511. The van der Waals surface area contributed by atoms with Gasteiger partial charge in [-0.2, -0.15) is 0 Å². The van der Waals surface area contributed by atoms with E-state index in [0.717, 1.165) is 0 Å². The zero-order valence-corrected chi connectivity index (χ0v) is 9.32. The molecule has 1 aliphatic rings. The van der Waals surface area contributed by atoms with Gasteiger partial charge in [-0.05, 0) is 6.92 Å². The lowest BCUT2D eigenvalue weighted by molar-refractivity contribution is -0.148. The van der Waals surface area contributed by atoms with Crippen molar-refractivity contribution in [1.82, 2.24) is 10.2 Å². The number of esters is 1. The molecule has 6 nitrogen and oxygen atoms in total. The van der Waals surface area contributed by atoms with Crippen molar-refractivity contribution in [3.8, 4) is 0 Å². The summed E-state index contributed by atoms with van der Waals surface area (Å²) in [6, 6.07) is 0. The Kier molecular flexibility index (Phi) is 4.75. The van der Waals surface area contributed by atoms with Crippen molar-refractivity contribution in [3.63, 3.8) is 0 Å². The van der Waals surface area contributed by atoms with E-state index in [1.54, 1.807) is 6.92 Å². The van der Waals surface area contributed by atoms with Gasteiger partial charge >= 0.3 is 5.97 Å². The Morgan fingerprint density at radius 3 is 2.88 bits per heavy atom. The van der Waals surface area contributed by atoms with Gasteiger partial charge in [0.1, 0.15) is 6.42 Å². The van der Waals surface area contributed by atoms with Gasteiger partial charge in [0, 0.05) is 26.1 Å². The third kappa shape index (κ3) is 3.88. The number of carbonyl (C=O) groups excluding carboxylic acids is 3. The predicted molar refractivity (Wildman–Crippen MR) is 55.5 cm³/mol. The third-order valence-corrected chi connectivity index (χ3v) is 2.27. The zero-order chi connectivity index (χ0) is 12.0. The lowest BCUT2D eigenvalue weighted by Gasteiger charge is -2.18. The highest BCUT2D eigenvalue weighted by Crippen LogP contribution is 2.01. The highest BCUT2D eigenvalue weighted by Gasteiger charge is 2.20. The highest BCUT2D eigenvalue weighted by atomic mass is 16.5. The maximum Gasteiger partial charge on any atom is 0.315 e. The Balaban J connectivity index is 2.41. The summed E-state index contributed by atoms with van der Waals surface area (Å²) < 4.78 is 4.69. The first kappa shape index (κ1) is 12.5. The number of ether oxygens (including phenoxy) is 1. The number of hydrogen-bond donors (Lipinski definition) is 1. The molecule has 0 aromatic heterocycles. The fraction of sp³-hybridized carbons (Fsp3) is 0.700. The fourth-order valence-corrected chi connectivity index (χ4v) is 1.46. The summed E-state index contributed by atoms with van der Waals surface area (Å²) in [6.45, 7) is 3.21.